The molecule has 1 atom stereocenters. The molecule has 0 bridgehead atoms. The second-order valence-corrected chi connectivity index (χ2v) is 5.47. The minimum absolute atomic E-state index is 0.00905. The molecule has 1 aromatic heterocycles. The molecule has 0 aliphatic rings. The normalized spacial score (nSPS) is 12.5. The van der Waals surface area contributed by atoms with Gasteiger partial charge >= 0.3 is 0 Å². The van der Waals surface area contributed by atoms with Gasteiger partial charge in [-0.05, 0) is 19.5 Å². The Kier molecular flexibility index (Phi) is 5.35. The first-order valence-electron chi connectivity index (χ1n) is 7.31. The maximum absolute atomic E-state index is 11.8. The summed E-state index contributed by atoms with van der Waals surface area (Å²) in [6, 6.07) is 11.4. The fraction of sp³-hybridized carbons (Fsp3) is 0.353. The lowest BCUT2D eigenvalue weighted by Crippen LogP contribution is -2.26. The van der Waals surface area contributed by atoms with Crippen LogP contribution in [0.25, 0.3) is 0 Å². The zero-order valence-corrected chi connectivity index (χ0v) is 12.9. The molecule has 0 saturated heterocycles. The van der Waals surface area contributed by atoms with E-state index < -0.39 is 0 Å². The standard InChI is InChI=1S/C17H22N2O3/c1-13(14-6-4-3-5-7-14)19-12-17(22)16(21)10-15(19)11-18(2)8-9-20/h3-7,10,12-13,20,22H,8-9,11H2,1-2H3. The fourth-order valence-electron chi connectivity index (χ4n) is 2.48. The Morgan fingerprint density at radius 1 is 1.27 bits per heavy atom. The molecular formula is C17H22N2O3. The van der Waals surface area contributed by atoms with E-state index in [1.807, 2.05) is 53.8 Å². The van der Waals surface area contributed by atoms with Crippen molar-refractivity contribution in [2.75, 3.05) is 20.2 Å². The third-order valence-corrected chi connectivity index (χ3v) is 3.76. The quantitative estimate of drug-likeness (QED) is 0.850. The summed E-state index contributed by atoms with van der Waals surface area (Å²) in [5, 5.41) is 18.8. The molecule has 0 aliphatic carbocycles. The maximum atomic E-state index is 11.8. The molecule has 5 nitrogen and oxygen atoms in total. The third-order valence-electron chi connectivity index (χ3n) is 3.76. The third kappa shape index (κ3) is 3.75. The van der Waals surface area contributed by atoms with Gasteiger partial charge in [0.1, 0.15) is 0 Å². The summed E-state index contributed by atoms with van der Waals surface area (Å²) in [4.78, 5) is 13.7. The van der Waals surface area contributed by atoms with Crippen molar-refractivity contribution in [2.24, 2.45) is 0 Å². The molecule has 0 saturated carbocycles. The largest absolute Gasteiger partial charge is 0.503 e. The van der Waals surface area contributed by atoms with Crippen LogP contribution in [0, 0.1) is 0 Å². The van der Waals surface area contributed by atoms with Gasteiger partial charge in [-0.15, -0.1) is 0 Å². The summed E-state index contributed by atoms with van der Waals surface area (Å²) < 4.78 is 1.90. The van der Waals surface area contributed by atoms with Gasteiger partial charge in [0.25, 0.3) is 0 Å². The van der Waals surface area contributed by atoms with Crippen molar-refractivity contribution in [1.82, 2.24) is 9.47 Å². The molecule has 5 heteroatoms. The van der Waals surface area contributed by atoms with Crippen LogP contribution >= 0.6 is 0 Å². The number of pyridine rings is 1. The molecular weight excluding hydrogens is 280 g/mol. The van der Waals surface area contributed by atoms with Gasteiger partial charge in [0.15, 0.2) is 5.75 Å². The van der Waals surface area contributed by atoms with Crippen LogP contribution in [0.1, 0.15) is 24.2 Å². The van der Waals surface area contributed by atoms with Gasteiger partial charge in [0.2, 0.25) is 5.43 Å². The summed E-state index contributed by atoms with van der Waals surface area (Å²) in [5.41, 5.74) is 1.51. The number of aromatic nitrogens is 1. The van der Waals surface area contributed by atoms with E-state index in [0.717, 1.165) is 11.3 Å². The van der Waals surface area contributed by atoms with Crippen molar-refractivity contribution in [1.29, 1.82) is 0 Å². The Labute approximate surface area is 130 Å². The lowest BCUT2D eigenvalue weighted by atomic mass is 10.1. The van der Waals surface area contributed by atoms with Gasteiger partial charge in [0.05, 0.1) is 18.8 Å². The van der Waals surface area contributed by atoms with E-state index in [4.69, 9.17) is 5.11 Å². The van der Waals surface area contributed by atoms with Crippen LogP contribution in [0.5, 0.6) is 5.75 Å². The lowest BCUT2D eigenvalue weighted by Gasteiger charge is -2.24. The van der Waals surface area contributed by atoms with Gasteiger partial charge < -0.3 is 14.8 Å². The van der Waals surface area contributed by atoms with Crippen LogP contribution in [-0.4, -0.2) is 39.9 Å². The first-order valence-corrected chi connectivity index (χ1v) is 7.31. The summed E-state index contributed by atoms with van der Waals surface area (Å²) in [6.07, 6.45) is 1.49. The molecule has 22 heavy (non-hydrogen) atoms. The Balaban J connectivity index is 2.40. The van der Waals surface area contributed by atoms with E-state index in [1.165, 1.54) is 12.3 Å². The van der Waals surface area contributed by atoms with Crippen molar-refractivity contribution >= 4 is 0 Å². The highest BCUT2D eigenvalue weighted by atomic mass is 16.3. The highest BCUT2D eigenvalue weighted by molar-refractivity contribution is 5.25. The molecule has 0 aliphatic heterocycles. The molecule has 0 fully saturated rings. The van der Waals surface area contributed by atoms with Crippen molar-refractivity contribution < 1.29 is 10.2 Å². The van der Waals surface area contributed by atoms with Crippen molar-refractivity contribution in [3.8, 4) is 5.75 Å². The van der Waals surface area contributed by atoms with Crippen LogP contribution in [0.2, 0.25) is 0 Å². The molecule has 1 aromatic carbocycles. The summed E-state index contributed by atoms with van der Waals surface area (Å²) in [7, 11) is 1.88. The Morgan fingerprint density at radius 3 is 2.59 bits per heavy atom. The molecule has 0 radical (unpaired) electrons. The van der Waals surface area contributed by atoms with Crippen molar-refractivity contribution in [3.63, 3.8) is 0 Å². The zero-order chi connectivity index (χ0) is 16.1. The Bertz CT molecular complexity index is 667. The molecule has 1 heterocycles. The van der Waals surface area contributed by atoms with Crippen LogP contribution in [0.4, 0.5) is 0 Å². The van der Waals surface area contributed by atoms with Gasteiger partial charge in [0, 0.05) is 24.8 Å². The number of nitrogens with zero attached hydrogens (tertiary/aromatic N) is 2. The zero-order valence-electron chi connectivity index (χ0n) is 12.9. The molecule has 2 rings (SSSR count). The van der Waals surface area contributed by atoms with Crippen molar-refractivity contribution in [3.05, 3.63) is 64.1 Å². The summed E-state index contributed by atoms with van der Waals surface area (Å²) >= 11 is 0. The molecule has 1 unspecified atom stereocenters. The lowest BCUT2D eigenvalue weighted by molar-refractivity contribution is 0.213. The monoisotopic (exact) mass is 302 g/mol. The van der Waals surface area contributed by atoms with Crippen LogP contribution in [0.3, 0.4) is 0 Å². The number of hydrogen-bond donors (Lipinski definition) is 2. The summed E-state index contributed by atoms with van der Waals surface area (Å²) in [6.45, 7) is 3.13. The second-order valence-electron chi connectivity index (χ2n) is 5.47. The van der Waals surface area contributed by atoms with Gasteiger partial charge in [-0.1, -0.05) is 30.3 Å². The second kappa shape index (κ2) is 7.24. The van der Waals surface area contributed by atoms with Crippen LogP contribution in [0.15, 0.2) is 47.4 Å². The van der Waals surface area contributed by atoms with E-state index in [9.17, 15) is 9.90 Å². The number of benzene rings is 1. The van der Waals surface area contributed by atoms with E-state index in [-0.39, 0.29) is 23.8 Å². The summed E-state index contributed by atoms with van der Waals surface area (Å²) in [5.74, 6) is -0.253. The first kappa shape index (κ1) is 16.3. The van der Waals surface area contributed by atoms with Crippen LogP contribution in [-0.2, 0) is 6.54 Å². The minimum Gasteiger partial charge on any atom is -0.503 e. The average molecular weight is 302 g/mol. The van der Waals surface area contributed by atoms with E-state index in [1.54, 1.807) is 0 Å². The number of likely N-dealkylation sites (N-methyl/N-ethyl adjacent to an activating group) is 1. The SMILES string of the molecule is CC(c1ccccc1)n1cc(O)c(=O)cc1CN(C)CCO. The van der Waals surface area contributed by atoms with Crippen LogP contribution < -0.4 is 5.43 Å². The number of aliphatic hydroxyl groups is 1. The highest BCUT2D eigenvalue weighted by Gasteiger charge is 2.14. The predicted octanol–water partition coefficient (Wildman–Crippen LogP) is 1.59. The predicted molar refractivity (Wildman–Crippen MR) is 86.0 cm³/mol. The van der Waals surface area contributed by atoms with E-state index >= 15 is 0 Å². The topological polar surface area (TPSA) is 65.7 Å². The van der Waals surface area contributed by atoms with Gasteiger partial charge in [-0.3, -0.25) is 9.69 Å². The van der Waals surface area contributed by atoms with E-state index in [2.05, 4.69) is 0 Å². The van der Waals surface area contributed by atoms with Gasteiger partial charge in [-0.25, -0.2) is 0 Å². The maximum Gasteiger partial charge on any atom is 0.223 e. The Morgan fingerprint density at radius 2 is 1.95 bits per heavy atom. The smallest absolute Gasteiger partial charge is 0.223 e. The number of rotatable bonds is 6. The molecule has 0 amide bonds. The molecule has 0 spiro atoms. The highest BCUT2D eigenvalue weighted by Crippen LogP contribution is 2.21. The van der Waals surface area contributed by atoms with Crippen molar-refractivity contribution in [2.45, 2.75) is 19.5 Å². The van der Waals surface area contributed by atoms with Gasteiger partial charge in [-0.2, -0.15) is 0 Å². The Hall–Kier alpha value is -2.11. The molecule has 2 N–H and O–H groups in total. The first-order chi connectivity index (χ1) is 10.5. The molecule has 2 aromatic rings. The average Bonchev–Trinajstić information content (AvgIpc) is 2.51. The number of aliphatic hydroxyl groups excluding tert-OH is 1. The number of hydrogen-bond acceptors (Lipinski definition) is 4. The number of aromatic hydroxyl groups is 1. The molecule has 118 valence electrons. The fourth-order valence-corrected chi connectivity index (χ4v) is 2.48. The van der Waals surface area contributed by atoms with E-state index in [0.29, 0.717) is 13.1 Å². The minimum atomic E-state index is -0.385.